The van der Waals surface area contributed by atoms with Crippen LogP contribution in [0.2, 0.25) is 0 Å². The van der Waals surface area contributed by atoms with Crippen LogP contribution in [0.4, 0.5) is 0 Å². The molecule has 0 aliphatic heterocycles. The molecule has 394 valence electrons. The van der Waals surface area contributed by atoms with E-state index in [2.05, 4.69) is 118 Å². The van der Waals surface area contributed by atoms with Gasteiger partial charge in [0, 0.05) is 53.4 Å². The number of hydrogen-bond donors (Lipinski definition) is 0. The van der Waals surface area contributed by atoms with Gasteiger partial charge in [-0.3, -0.25) is 6.07 Å². The Kier molecular flexibility index (Phi) is 15.6. The van der Waals surface area contributed by atoms with Crippen molar-refractivity contribution in [1.82, 2.24) is 39.9 Å². The van der Waals surface area contributed by atoms with E-state index in [1.54, 1.807) is 24.7 Å². The summed E-state index contributed by atoms with van der Waals surface area (Å²) in [5, 5.41) is 4.36. The average molecular weight is 1420 g/mol. The van der Waals surface area contributed by atoms with Crippen molar-refractivity contribution < 1.29 is 45.9 Å². The van der Waals surface area contributed by atoms with Crippen molar-refractivity contribution in [1.29, 1.82) is 0 Å². The zero-order valence-electron chi connectivity index (χ0n) is 43.8. The van der Waals surface area contributed by atoms with Crippen LogP contribution in [0.15, 0.2) is 249 Å². The molecule has 0 saturated carbocycles. The largest absolute Gasteiger partial charge is 3.00 e. The molecule has 83 heavy (non-hydrogen) atoms. The molecule has 0 radical (unpaired) electrons. The monoisotopic (exact) mass is 1420 g/mol. The minimum Gasteiger partial charge on any atom is -0.515 e. The molecule has 0 amide bonds. The zero-order valence-corrected chi connectivity index (χ0v) is 48.5. The van der Waals surface area contributed by atoms with Crippen molar-refractivity contribution in [2.45, 2.75) is 0 Å². The Bertz CT molecular complexity index is 4430. The third-order valence-electron chi connectivity index (χ3n) is 14.1. The van der Waals surface area contributed by atoms with E-state index in [0.29, 0.717) is 45.9 Å². The Morgan fingerprint density at radius 3 is 1.37 bits per heavy atom. The number of benzene rings is 9. The van der Waals surface area contributed by atoms with Crippen molar-refractivity contribution in [2.24, 2.45) is 0 Å². The molecular weight excluding hydrogens is 1380 g/mol. The van der Waals surface area contributed by atoms with Gasteiger partial charge in [-0.1, -0.05) is 156 Å². The molecule has 11 heteroatoms. The molecule has 5 aromatic heterocycles. The molecule has 5 heterocycles. The normalized spacial score (nSPS) is 10.9. The predicted molar refractivity (Wildman–Crippen MR) is 319 cm³/mol. The van der Waals surface area contributed by atoms with Crippen LogP contribution in [0.1, 0.15) is 0 Å². The standard InChI is InChI=1S/C72H41N8O.Ir.Pt/c1-3-21-58-47(15-1)38-43-74-67(58)51-32-28-49(29-33-51)56-19-5-8-24-62(56)70-78-71(63-25-9-6-20-57(63)50-30-34-52(35-31-50)68-59-22-4-2-16-48(59)39-44-75-68)80-72(79-70)64-26-10-7-23-60(64)61-37-36-54(69-76-41-14-42-77-69)46-66(61)81-55-18-13-17-53(45-55)65-27-11-12-40-73-65;;/h1-32,34,37-44H;;/q-5;+3;+2. The van der Waals surface area contributed by atoms with Gasteiger partial charge in [0.2, 0.25) is 0 Å². The molecule has 0 aliphatic rings. The first kappa shape index (κ1) is 53.8. The zero-order chi connectivity index (χ0) is 53.9. The Labute approximate surface area is 507 Å². The van der Waals surface area contributed by atoms with Gasteiger partial charge in [0.25, 0.3) is 0 Å². The molecule has 0 unspecified atom stereocenters. The third kappa shape index (κ3) is 10.9. The van der Waals surface area contributed by atoms with Crippen LogP contribution >= 0.6 is 0 Å². The van der Waals surface area contributed by atoms with Gasteiger partial charge in [0.1, 0.15) is 0 Å². The molecule has 0 bridgehead atoms. The van der Waals surface area contributed by atoms with Crippen LogP contribution in [-0.4, -0.2) is 39.9 Å². The molecule has 0 aliphatic carbocycles. The van der Waals surface area contributed by atoms with Gasteiger partial charge in [0.05, 0.1) is 0 Å². The number of rotatable bonds is 12. The Hall–Kier alpha value is -9.82. The summed E-state index contributed by atoms with van der Waals surface area (Å²) in [6.07, 6.45) is 8.84. The van der Waals surface area contributed by atoms with Crippen molar-refractivity contribution in [2.75, 3.05) is 0 Å². The molecule has 0 fully saturated rings. The maximum atomic E-state index is 6.83. The van der Waals surface area contributed by atoms with Gasteiger partial charge in [-0.25, -0.2) is 32.6 Å². The summed E-state index contributed by atoms with van der Waals surface area (Å²) in [6, 6.07) is 90.0. The van der Waals surface area contributed by atoms with Crippen LogP contribution in [0.25, 0.3) is 134 Å². The number of ether oxygens (including phenoxy) is 1. The first-order chi connectivity index (χ1) is 40.1. The number of aromatic nitrogens is 8. The molecule has 0 N–H and O–H groups in total. The summed E-state index contributed by atoms with van der Waals surface area (Å²) in [5.74, 6) is 2.72. The van der Waals surface area contributed by atoms with E-state index in [4.69, 9.17) is 29.7 Å². The van der Waals surface area contributed by atoms with E-state index >= 15 is 0 Å². The van der Waals surface area contributed by atoms with Crippen molar-refractivity contribution in [3.05, 3.63) is 280 Å². The fourth-order valence-corrected chi connectivity index (χ4v) is 10.2. The molecule has 14 rings (SSSR count). The summed E-state index contributed by atoms with van der Waals surface area (Å²) in [5.41, 5.74) is 13.1. The smallest absolute Gasteiger partial charge is 0.515 e. The molecule has 9 aromatic carbocycles. The molecule has 0 saturated heterocycles. The number of pyridine rings is 3. The topological polar surface area (TPSA) is 112 Å². The molecule has 0 atom stereocenters. The van der Waals surface area contributed by atoms with E-state index in [1.807, 2.05) is 152 Å². The van der Waals surface area contributed by atoms with Crippen LogP contribution in [0.5, 0.6) is 11.5 Å². The quantitative estimate of drug-likeness (QED) is 0.110. The molecule has 14 aromatic rings. The van der Waals surface area contributed by atoms with Gasteiger partial charge in [-0.15, -0.1) is 89.0 Å². The van der Waals surface area contributed by atoms with E-state index in [9.17, 15) is 0 Å². The predicted octanol–water partition coefficient (Wildman–Crippen LogP) is 16.6. The number of hydrogen-bond acceptors (Lipinski definition) is 9. The van der Waals surface area contributed by atoms with E-state index in [0.717, 1.165) is 99.8 Å². The second-order valence-corrected chi connectivity index (χ2v) is 19.0. The number of nitrogens with zero attached hydrogens (tertiary/aromatic N) is 8. The molecular formula is C72H41IrN8OPt. The number of fused-ring (bicyclic) bond motifs is 2. The van der Waals surface area contributed by atoms with Crippen LogP contribution < -0.4 is 4.74 Å². The second kappa shape index (κ2) is 24.1. The fraction of sp³-hybridized carbons (Fsp3) is 0. The summed E-state index contributed by atoms with van der Waals surface area (Å²) >= 11 is 0. The van der Waals surface area contributed by atoms with E-state index < -0.39 is 0 Å². The van der Waals surface area contributed by atoms with Gasteiger partial charge >= 0.3 is 41.2 Å². The second-order valence-electron chi connectivity index (χ2n) is 19.0. The van der Waals surface area contributed by atoms with Crippen molar-refractivity contribution in [3.63, 3.8) is 0 Å². The third-order valence-corrected chi connectivity index (χ3v) is 14.1. The van der Waals surface area contributed by atoms with Gasteiger partial charge in [-0.05, 0) is 85.6 Å². The Morgan fingerprint density at radius 2 is 0.831 bits per heavy atom. The maximum absolute atomic E-state index is 6.83. The minimum absolute atomic E-state index is 0. The van der Waals surface area contributed by atoms with Crippen LogP contribution in [-0.2, 0) is 41.2 Å². The summed E-state index contributed by atoms with van der Waals surface area (Å²) in [6.45, 7) is 0. The minimum atomic E-state index is 0. The van der Waals surface area contributed by atoms with Gasteiger partial charge < -0.3 is 29.7 Å². The van der Waals surface area contributed by atoms with Crippen molar-refractivity contribution in [3.8, 4) is 124 Å². The average Bonchev–Trinajstić information content (AvgIpc) is 3.73. The summed E-state index contributed by atoms with van der Waals surface area (Å²) < 4.78 is 6.83. The van der Waals surface area contributed by atoms with Crippen LogP contribution in [0, 0.1) is 30.3 Å². The maximum Gasteiger partial charge on any atom is 3.00 e. The fourth-order valence-electron chi connectivity index (χ4n) is 10.2. The van der Waals surface area contributed by atoms with E-state index in [1.165, 1.54) is 0 Å². The molecule has 9 nitrogen and oxygen atoms in total. The summed E-state index contributed by atoms with van der Waals surface area (Å²) in [7, 11) is 0. The Balaban J connectivity index is 0.00000340. The Morgan fingerprint density at radius 1 is 0.325 bits per heavy atom. The first-order valence-corrected chi connectivity index (χ1v) is 26.3. The van der Waals surface area contributed by atoms with Crippen LogP contribution in [0.3, 0.4) is 0 Å². The van der Waals surface area contributed by atoms with Gasteiger partial charge in [-0.2, -0.15) is 0 Å². The summed E-state index contributed by atoms with van der Waals surface area (Å²) in [4.78, 5) is 39.4. The van der Waals surface area contributed by atoms with Gasteiger partial charge in [0.15, 0.2) is 17.5 Å². The van der Waals surface area contributed by atoms with Crippen molar-refractivity contribution >= 4 is 21.5 Å². The molecule has 0 spiro atoms. The van der Waals surface area contributed by atoms with E-state index in [-0.39, 0.29) is 41.2 Å². The first-order valence-electron chi connectivity index (χ1n) is 26.3. The SMILES string of the molecule is [Ir+3].[Pt+2].[c-]1cc(-c2ccccc2-c2nc(-c3ccccc3-c3c[c-]c(-c4nccc5ccccc45)cc3)nc(-c3ccccc3-c3c[c-]c(-c4nccc5ccccc45)cc3)n2)c(Oc2[c-]c(-c3ccccn3)ccc2)[c-]c1-c1ncccn1.